The van der Waals surface area contributed by atoms with Crippen LogP contribution in [-0.2, 0) is 12.6 Å². The number of alkyl halides is 3. The zero-order valence-electron chi connectivity index (χ0n) is 17.4. The van der Waals surface area contributed by atoms with E-state index in [9.17, 15) is 13.2 Å². The second-order valence-electron chi connectivity index (χ2n) is 7.09. The summed E-state index contributed by atoms with van der Waals surface area (Å²) >= 11 is 0. The standard InChI is InChI=1S/C22H30F3N3O/c1-4-6-8-11-15-29-21-26-16-18(22(23,24)25)20(27-21)28(3)19-14-10-9-13-17(19)12-7-5-2/h9-10,13-14,16H,4-8,11-12,15H2,1-3H3. The maximum absolute atomic E-state index is 13.6. The number of anilines is 2. The van der Waals surface area contributed by atoms with Crippen LogP contribution in [-0.4, -0.2) is 23.6 Å². The number of hydrogen-bond acceptors (Lipinski definition) is 4. The Morgan fingerprint density at radius 1 is 1.00 bits per heavy atom. The fourth-order valence-corrected chi connectivity index (χ4v) is 3.11. The van der Waals surface area contributed by atoms with Gasteiger partial charge < -0.3 is 9.64 Å². The van der Waals surface area contributed by atoms with Gasteiger partial charge in [0.2, 0.25) is 0 Å². The average molecular weight is 409 g/mol. The number of para-hydroxylation sites is 1. The lowest BCUT2D eigenvalue weighted by Crippen LogP contribution is -2.20. The van der Waals surface area contributed by atoms with Gasteiger partial charge in [0.15, 0.2) is 5.82 Å². The maximum Gasteiger partial charge on any atom is 0.421 e. The second kappa shape index (κ2) is 11.0. The molecule has 0 N–H and O–H groups in total. The lowest BCUT2D eigenvalue weighted by Gasteiger charge is -2.25. The number of benzene rings is 1. The summed E-state index contributed by atoms with van der Waals surface area (Å²) in [4.78, 5) is 9.40. The molecule has 0 spiro atoms. The van der Waals surface area contributed by atoms with E-state index in [1.165, 1.54) is 4.90 Å². The summed E-state index contributed by atoms with van der Waals surface area (Å²) in [5, 5.41) is 0. The molecule has 0 saturated carbocycles. The van der Waals surface area contributed by atoms with E-state index in [1.807, 2.05) is 24.3 Å². The maximum atomic E-state index is 13.6. The molecule has 1 aromatic carbocycles. The number of aryl methyl sites for hydroxylation is 1. The summed E-state index contributed by atoms with van der Waals surface area (Å²) in [6, 6.07) is 7.46. The van der Waals surface area contributed by atoms with Crippen LogP contribution in [0.25, 0.3) is 0 Å². The number of nitrogens with zero attached hydrogens (tertiary/aromatic N) is 3. The highest BCUT2D eigenvalue weighted by Gasteiger charge is 2.37. The third kappa shape index (κ3) is 6.61. The van der Waals surface area contributed by atoms with Gasteiger partial charge in [-0.25, -0.2) is 4.98 Å². The first-order chi connectivity index (χ1) is 13.9. The van der Waals surface area contributed by atoms with Gasteiger partial charge in [0.1, 0.15) is 5.56 Å². The van der Waals surface area contributed by atoms with Crippen molar-refractivity contribution in [1.29, 1.82) is 0 Å². The Morgan fingerprint density at radius 3 is 2.41 bits per heavy atom. The van der Waals surface area contributed by atoms with Gasteiger partial charge >= 0.3 is 12.2 Å². The third-order valence-electron chi connectivity index (χ3n) is 4.75. The van der Waals surface area contributed by atoms with Crippen molar-refractivity contribution in [1.82, 2.24) is 9.97 Å². The normalized spacial score (nSPS) is 11.5. The van der Waals surface area contributed by atoms with Gasteiger partial charge in [0, 0.05) is 18.9 Å². The van der Waals surface area contributed by atoms with Crippen molar-refractivity contribution in [2.45, 2.75) is 65.0 Å². The van der Waals surface area contributed by atoms with Crippen LogP contribution in [0.1, 0.15) is 63.5 Å². The van der Waals surface area contributed by atoms with Gasteiger partial charge in [-0.1, -0.05) is 57.7 Å². The molecule has 0 fully saturated rings. The van der Waals surface area contributed by atoms with Gasteiger partial charge in [0.25, 0.3) is 0 Å². The Kier molecular flexibility index (Phi) is 8.73. The van der Waals surface area contributed by atoms with Crippen LogP contribution >= 0.6 is 0 Å². The van der Waals surface area contributed by atoms with E-state index in [2.05, 4.69) is 23.8 Å². The molecule has 0 bridgehead atoms. The molecule has 0 aliphatic rings. The zero-order chi connectivity index (χ0) is 21.3. The first-order valence-corrected chi connectivity index (χ1v) is 10.3. The molecule has 0 unspecified atom stereocenters. The minimum atomic E-state index is -4.55. The highest BCUT2D eigenvalue weighted by atomic mass is 19.4. The second-order valence-corrected chi connectivity index (χ2v) is 7.09. The number of aromatic nitrogens is 2. The molecule has 0 atom stereocenters. The van der Waals surface area contributed by atoms with Gasteiger partial charge in [-0.2, -0.15) is 18.2 Å². The van der Waals surface area contributed by atoms with Crippen molar-refractivity contribution in [3.05, 3.63) is 41.6 Å². The Bertz CT molecular complexity index is 765. The van der Waals surface area contributed by atoms with Crippen LogP contribution in [0.4, 0.5) is 24.7 Å². The molecule has 4 nitrogen and oxygen atoms in total. The Balaban J connectivity index is 2.32. The van der Waals surface area contributed by atoms with E-state index in [-0.39, 0.29) is 11.8 Å². The summed E-state index contributed by atoms with van der Waals surface area (Å²) in [7, 11) is 1.60. The number of halogens is 3. The summed E-state index contributed by atoms with van der Waals surface area (Å²) in [6.07, 6.45) is 3.06. The molecular formula is C22H30F3N3O. The van der Waals surface area contributed by atoms with E-state index >= 15 is 0 Å². The van der Waals surface area contributed by atoms with Crippen molar-refractivity contribution in [3.8, 4) is 6.01 Å². The summed E-state index contributed by atoms with van der Waals surface area (Å²) < 4.78 is 46.3. The van der Waals surface area contributed by atoms with Crippen molar-refractivity contribution >= 4 is 11.5 Å². The quantitative estimate of drug-likeness (QED) is 0.394. The summed E-state index contributed by atoms with van der Waals surface area (Å²) in [5.74, 6) is -0.194. The predicted molar refractivity (Wildman–Crippen MR) is 110 cm³/mol. The van der Waals surface area contributed by atoms with Crippen LogP contribution in [0.3, 0.4) is 0 Å². The topological polar surface area (TPSA) is 38.2 Å². The molecule has 0 radical (unpaired) electrons. The van der Waals surface area contributed by atoms with E-state index in [4.69, 9.17) is 4.74 Å². The molecule has 2 rings (SSSR count). The third-order valence-corrected chi connectivity index (χ3v) is 4.75. The van der Waals surface area contributed by atoms with Crippen molar-refractivity contribution in [2.75, 3.05) is 18.6 Å². The van der Waals surface area contributed by atoms with Gasteiger partial charge in [-0.15, -0.1) is 0 Å². The van der Waals surface area contributed by atoms with Crippen LogP contribution in [0.15, 0.2) is 30.5 Å². The zero-order valence-corrected chi connectivity index (χ0v) is 17.4. The molecular weight excluding hydrogens is 379 g/mol. The molecule has 0 aliphatic heterocycles. The SMILES string of the molecule is CCCCCCOc1ncc(C(F)(F)F)c(N(C)c2ccccc2CCCC)n1. The predicted octanol–water partition coefficient (Wildman–Crippen LogP) is 6.57. The van der Waals surface area contributed by atoms with E-state index in [1.54, 1.807) is 7.05 Å². The molecule has 1 heterocycles. The van der Waals surface area contributed by atoms with E-state index in [0.717, 1.165) is 56.7 Å². The van der Waals surface area contributed by atoms with Crippen LogP contribution < -0.4 is 9.64 Å². The summed E-state index contributed by atoms with van der Waals surface area (Å²) in [5.41, 5.74) is 0.827. The van der Waals surface area contributed by atoms with Crippen molar-refractivity contribution in [3.63, 3.8) is 0 Å². The first kappa shape index (κ1) is 23.0. The fraction of sp³-hybridized carbons (Fsp3) is 0.545. The van der Waals surface area contributed by atoms with Gasteiger partial charge in [0.05, 0.1) is 6.61 Å². The molecule has 0 aliphatic carbocycles. The Morgan fingerprint density at radius 2 is 1.72 bits per heavy atom. The highest BCUT2D eigenvalue weighted by molar-refractivity contribution is 5.66. The van der Waals surface area contributed by atoms with Crippen LogP contribution in [0, 0.1) is 0 Å². The first-order valence-electron chi connectivity index (χ1n) is 10.3. The molecule has 2 aromatic rings. The molecule has 0 saturated heterocycles. The van der Waals surface area contributed by atoms with Gasteiger partial charge in [-0.05, 0) is 30.9 Å². The van der Waals surface area contributed by atoms with Crippen LogP contribution in [0.5, 0.6) is 6.01 Å². The number of unbranched alkanes of at least 4 members (excludes halogenated alkanes) is 4. The largest absolute Gasteiger partial charge is 0.463 e. The number of ether oxygens (including phenoxy) is 1. The molecule has 7 heteroatoms. The Labute approximate surface area is 171 Å². The van der Waals surface area contributed by atoms with Crippen LogP contribution in [0.2, 0.25) is 0 Å². The Hall–Kier alpha value is -2.31. The molecule has 29 heavy (non-hydrogen) atoms. The highest BCUT2D eigenvalue weighted by Crippen LogP contribution is 2.38. The monoisotopic (exact) mass is 409 g/mol. The smallest absolute Gasteiger partial charge is 0.421 e. The summed E-state index contributed by atoms with van der Waals surface area (Å²) in [6.45, 7) is 4.59. The minimum absolute atomic E-state index is 0.0256. The van der Waals surface area contributed by atoms with Crippen molar-refractivity contribution < 1.29 is 17.9 Å². The van der Waals surface area contributed by atoms with Crippen molar-refractivity contribution in [2.24, 2.45) is 0 Å². The lowest BCUT2D eigenvalue weighted by molar-refractivity contribution is -0.137. The van der Waals surface area contributed by atoms with Gasteiger partial charge in [-0.3, -0.25) is 0 Å². The number of hydrogen-bond donors (Lipinski definition) is 0. The molecule has 0 amide bonds. The van der Waals surface area contributed by atoms with E-state index in [0.29, 0.717) is 12.3 Å². The number of rotatable bonds is 11. The molecule has 1 aromatic heterocycles. The lowest BCUT2D eigenvalue weighted by atomic mass is 10.1. The molecule has 160 valence electrons. The van der Waals surface area contributed by atoms with E-state index < -0.39 is 11.7 Å². The fourth-order valence-electron chi connectivity index (χ4n) is 3.11. The minimum Gasteiger partial charge on any atom is -0.463 e. The average Bonchev–Trinajstić information content (AvgIpc) is 2.71.